The van der Waals surface area contributed by atoms with Gasteiger partial charge in [0.25, 0.3) is 0 Å². The summed E-state index contributed by atoms with van der Waals surface area (Å²) in [6.07, 6.45) is 4.09. The van der Waals surface area contributed by atoms with E-state index in [1.807, 2.05) is 0 Å². The van der Waals surface area contributed by atoms with Gasteiger partial charge >= 0.3 is 0 Å². The number of nitrogens with zero attached hydrogens (tertiary/aromatic N) is 2. The van der Waals surface area contributed by atoms with Crippen molar-refractivity contribution in [2.45, 2.75) is 32.6 Å². The van der Waals surface area contributed by atoms with Gasteiger partial charge < -0.3 is 15.8 Å². The summed E-state index contributed by atoms with van der Waals surface area (Å²) in [5, 5.41) is 11.2. The fourth-order valence-electron chi connectivity index (χ4n) is 1.12. The SMILES string of the molecule is CCCCN(C)CCC/C(N)=N/O. The molecule has 0 aliphatic carbocycles. The Morgan fingerprint density at radius 1 is 1.38 bits per heavy atom. The lowest BCUT2D eigenvalue weighted by atomic mass is 10.2. The number of oxime groups is 1. The van der Waals surface area contributed by atoms with Crippen LogP contribution >= 0.6 is 0 Å². The first kappa shape index (κ1) is 12.2. The van der Waals surface area contributed by atoms with Crippen LogP contribution in [0.2, 0.25) is 0 Å². The van der Waals surface area contributed by atoms with Crippen molar-refractivity contribution in [2.24, 2.45) is 10.9 Å². The van der Waals surface area contributed by atoms with E-state index in [-0.39, 0.29) is 0 Å². The maximum Gasteiger partial charge on any atom is 0.139 e. The molecule has 0 aromatic heterocycles. The van der Waals surface area contributed by atoms with E-state index in [0.717, 1.165) is 19.5 Å². The van der Waals surface area contributed by atoms with Crippen LogP contribution in [0.4, 0.5) is 0 Å². The summed E-state index contributed by atoms with van der Waals surface area (Å²) in [7, 11) is 2.10. The lowest BCUT2D eigenvalue weighted by molar-refractivity contribution is 0.311. The third kappa shape index (κ3) is 7.59. The molecule has 0 spiro atoms. The second kappa shape index (κ2) is 7.86. The molecule has 4 nitrogen and oxygen atoms in total. The van der Waals surface area contributed by atoms with Gasteiger partial charge in [0.2, 0.25) is 0 Å². The van der Waals surface area contributed by atoms with Gasteiger partial charge in [0.1, 0.15) is 5.84 Å². The Bertz CT molecular complexity index is 148. The fraction of sp³-hybridized carbons (Fsp3) is 0.889. The molecule has 3 N–H and O–H groups in total. The summed E-state index contributed by atoms with van der Waals surface area (Å²) in [4.78, 5) is 2.27. The second-order valence-corrected chi connectivity index (χ2v) is 3.35. The first-order chi connectivity index (χ1) is 6.20. The molecule has 0 heterocycles. The van der Waals surface area contributed by atoms with Crippen molar-refractivity contribution in [3.05, 3.63) is 0 Å². The molecule has 78 valence electrons. The summed E-state index contributed by atoms with van der Waals surface area (Å²) in [5.74, 6) is 0.323. The molecular formula is C9H21N3O. The molecular weight excluding hydrogens is 166 g/mol. The number of hydrogen-bond donors (Lipinski definition) is 2. The Morgan fingerprint density at radius 2 is 2.00 bits per heavy atom. The fourth-order valence-corrected chi connectivity index (χ4v) is 1.12. The van der Waals surface area contributed by atoms with Crippen LogP contribution < -0.4 is 5.73 Å². The van der Waals surface area contributed by atoms with Crippen LogP contribution in [-0.2, 0) is 0 Å². The quantitative estimate of drug-likeness (QED) is 0.273. The molecule has 13 heavy (non-hydrogen) atoms. The maximum absolute atomic E-state index is 8.29. The van der Waals surface area contributed by atoms with Crippen molar-refractivity contribution in [1.29, 1.82) is 0 Å². The minimum absolute atomic E-state index is 0.323. The topological polar surface area (TPSA) is 61.8 Å². The van der Waals surface area contributed by atoms with Gasteiger partial charge in [-0.1, -0.05) is 18.5 Å². The van der Waals surface area contributed by atoms with Gasteiger partial charge in [-0.3, -0.25) is 0 Å². The van der Waals surface area contributed by atoms with Gasteiger partial charge in [0.05, 0.1) is 0 Å². The zero-order valence-corrected chi connectivity index (χ0v) is 8.66. The predicted molar refractivity (Wildman–Crippen MR) is 55.0 cm³/mol. The monoisotopic (exact) mass is 187 g/mol. The van der Waals surface area contributed by atoms with Gasteiger partial charge in [0.15, 0.2) is 0 Å². The Labute approximate surface area is 80.4 Å². The Morgan fingerprint density at radius 3 is 2.54 bits per heavy atom. The normalized spacial score (nSPS) is 12.4. The second-order valence-electron chi connectivity index (χ2n) is 3.35. The molecule has 0 unspecified atom stereocenters. The lowest BCUT2D eigenvalue weighted by Gasteiger charge is -2.15. The van der Waals surface area contributed by atoms with Crippen LogP contribution in [0.5, 0.6) is 0 Å². The molecule has 0 amide bonds. The summed E-state index contributed by atoms with van der Waals surface area (Å²) >= 11 is 0. The molecule has 0 radical (unpaired) electrons. The molecule has 0 aliphatic heterocycles. The minimum Gasteiger partial charge on any atom is -0.409 e. The molecule has 0 saturated carbocycles. The number of unbranched alkanes of at least 4 members (excludes halogenated alkanes) is 1. The molecule has 0 fully saturated rings. The Kier molecular flexibility index (Phi) is 7.39. The number of hydrogen-bond acceptors (Lipinski definition) is 3. The van der Waals surface area contributed by atoms with Crippen molar-refractivity contribution in [2.75, 3.05) is 20.1 Å². The van der Waals surface area contributed by atoms with E-state index < -0.39 is 0 Å². The van der Waals surface area contributed by atoms with Crippen molar-refractivity contribution in [3.8, 4) is 0 Å². The van der Waals surface area contributed by atoms with Crippen molar-refractivity contribution in [1.82, 2.24) is 4.90 Å². The standard InChI is InChI=1S/C9H21N3O/c1-3-4-7-12(2)8-5-6-9(10)11-13/h13H,3-8H2,1-2H3,(H2,10,11). The van der Waals surface area contributed by atoms with E-state index in [9.17, 15) is 0 Å². The van der Waals surface area contributed by atoms with E-state index in [0.29, 0.717) is 12.3 Å². The molecule has 0 bridgehead atoms. The zero-order valence-electron chi connectivity index (χ0n) is 8.66. The number of nitrogens with two attached hydrogens (primary N) is 1. The largest absolute Gasteiger partial charge is 0.409 e. The van der Waals surface area contributed by atoms with Crippen LogP contribution in [0.15, 0.2) is 5.16 Å². The third-order valence-electron chi connectivity index (χ3n) is 1.99. The zero-order chi connectivity index (χ0) is 10.1. The molecule has 4 heteroatoms. The average molecular weight is 187 g/mol. The highest BCUT2D eigenvalue weighted by molar-refractivity contribution is 5.79. The summed E-state index contributed by atoms with van der Waals surface area (Å²) in [5.41, 5.74) is 5.34. The maximum atomic E-state index is 8.29. The molecule has 0 atom stereocenters. The van der Waals surface area contributed by atoms with E-state index in [1.165, 1.54) is 12.8 Å². The number of rotatable bonds is 7. The van der Waals surface area contributed by atoms with Crippen molar-refractivity contribution < 1.29 is 5.21 Å². The summed E-state index contributed by atoms with van der Waals surface area (Å²) < 4.78 is 0. The van der Waals surface area contributed by atoms with E-state index in [2.05, 4.69) is 24.0 Å². The highest BCUT2D eigenvalue weighted by Crippen LogP contribution is 1.95. The molecule has 0 aliphatic rings. The lowest BCUT2D eigenvalue weighted by Crippen LogP contribution is -2.22. The molecule has 0 aromatic rings. The molecule has 0 rings (SSSR count). The third-order valence-corrected chi connectivity index (χ3v) is 1.99. The molecule has 0 aromatic carbocycles. The van der Waals surface area contributed by atoms with E-state index in [4.69, 9.17) is 10.9 Å². The average Bonchev–Trinajstić information content (AvgIpc) is 2.14. The smallest absolute Gasteiger partial charge is 0.139 e. The predicted octanol–water partition coefficient (Wildman–Crippen LogP) is 1.24. The van der Waals surface area contributed by atoms with Gasteiger partial charge in [-0.15, -0.1) is 0 Å². The van der Waals surface area contributed by atoms with Gasteiger partial charge in [-0.05, 0) is 33.0 Å². The van der Waals surface area contributed by atoms with Crippen molar-refractivity contribution in [3.63, 3.8) is 0 Å². The first-order valence-corrected chi connectivity index (χ1v) is 4.85. The van der Waals surface area contributed by atoms with Crippen LogP contribution in [0.1, 0.15) is 32.6 Å². The van der Waals surface area contributed by atoms with Crippen molar-refractivity contribution >= 4 is 5.84 Å². The van der Waals surface area contributed by atoms with Crippen LogP contribution in [-0.4, -0.2) is 36.1 Å². The highest BCUT2D eigenvalue weighted by Gasteiger charge is 1.98. The Balaban J connectivity index is 3.31. The van der Waals surface area contributed by atoms with E-state index >= 15 is 0 Å². The molecule has 0 saturated heterocycles. The van der Waals surface area contributed by atoms with Crippen LogP contribution in [0, 0.1) is 0 Å². The van der Waals surface area contributed by atoms with Gasteiger partial charge in [-0.25, -0.2) is 0 Å². The highest BCUT2D eigenvalue weighted by atomic mass is 16.4. The van der Waals surface area contributed by atoms with E-state index in [1.54, 1.807) is 0 Å². The van der Waals surface area contributed by atoms with Gasteiger partial charge in [0, 0.05) is 6.42 Å². The summed E-state index contributed by atoms with van der Waals surface area (Å²) in [6, 6.07) is 0. The minimum atomic E-state index is 0.323. The number of amidine groups is 1. The first-order valence-electron chi connectivity index (χ1n) is 4.85. The van der Waals surface area contributed by atoms with Gasteiger partial charge in [-0.2, -0.15) is 0 Å². The Hall–Kier alpha value is -0.770. The van der Waals surface area contributed by atoms with Crippen LogP contribution in [0.3, 0.4) is 0 Å². The summed E-state index contributed by atoms with van der Waals surface area (Å²) in [6.45, 7) is 4.33. The van der Waals surface area contributed by atoms with Crippen LogP contribution in [0.25, 0.3) is 0 Å².